The number of nitrogens with zero attached hydrogens (tertiary/aromatic N) is 4. The molecule has 30 heavy (non-hydrogen) atoms. The van der Waals surface area contributed by atoms with Crippen molar-refractivity contribution in [2.45, 2.75) is 51.9 Å². The van der Waals surface area contributed by atoms with E-state index >= 15 is 0 Å². The molecule has 0 bridgehead atoms. The number of rotatable bonds is 9. The molecule has 0 aliphatic carbocycles. The Bertz CT molecular complexity index is 997. The molecular weight excluding hydrogens is 418 g/mol. The van der Waals surface area contributed by atoms with Crippen LogP contribution >= 0.6 is 0 Å². The van der Waals surface area contributed by atoms with Gasteiger partial charge in [-0.05, 0) is 6.42 Å². The van der Waals surface area contributed by atoms with E-state index in [9.17, 15) is 13.2 Å². The molecule has 13 nitrogen and oxygen atoms in total. The molecule has 1 aliphatic rings. The van der Waals surface area contributed by atoms with Crippen LogP contribution in [0.2, 0.25) is 0 Å². The smallest absolute Gasteiger partial charge is 0.362 e. The van der Waals surface area contributed by atoms with Crippen LogP contribution in [0.15, 0.2) is 12.7 Å². The van der Waals surface area contributed by atoms with Crippen molar-refractivity contribution in [1.82, 2.24) is 24.2 Å². The average Bonchev–Trinajstić information content (AvgIpc) is 3.28. The van der Waals surface area contributed by atoms with E-state index < -0.39 is 47.5 Å². The third-order valence-electron chi connectivity index (χ3n) is 4.57. The summed E-state index contributed by atoms with van der Waals surface area (Å²) in [6, 6.07) is 0. The lowest BCUT2D eigenvalue weighted by Gasteiger charge is -2.15. The summed E-state index contributed by atoms with van der Waals surface area (Å²) >= 11 is 0. The summed E-state index contributed by atoms with van der Waals surface area (Å²) in [7, 11) is -4.32. The van der Waals surface area contributed by atoms with Crippen molar-refractivity contribution in [3.8, 4) is 0 Å². The van der Waals surface area contributed by atoms with Gasteiger partial charge in [-0.2, -0.15) is 8.42 Å². The van der Waals surface area contributed by atoms with E-state index in [0.29, 0.717) is 17.6 Å². The molecule has 1 fully saturated rings. The van der Waals surface area contributed by atoms with Crippen molar-refractivity contribution in [1.29, 1.82) is 0 Å². The highest BCUT2D eigenvalue weighted by molar-refractivity contribution is 7.85. The minimum Gasteiger partial charge on any atom is -0.382 e. The molecule has 0 unspecified atom stereocenters. The predicted octanol–water partition coefficient (Wildman–Crippen LogP) is -0.231. The van der Waals surface area contributed by atoms with E-state index in [1.54, 1.807) is 6.92 Å². The van der Waals surface area contributed by atoms with Gasteiger partial charge in [0.1, 0.15) is 18.5 Å². The molecule has 166 valence electrons. The highest BCUT2D eigenvalue weighted by Gasteiger charge is 2.37. The summed E-state index contributed by atoms with van der Waals surface area (Å²) in [6.07, 6.45) is 2.11. The molecule has 2 aromatic rings. The molecule has 14 heteroatoms. The van der Waals surface area contributed by atoms with Crippen molar-refractivity contribution in [2.75, 3.05) is 12.3 Å². The number of carbonyl (C=O) groups is 1. The van der Waals surface area contributed by atoms with Crippen molar-refractivity contribution in [3.05, 3.63) is 12.7 Å². The van der Waals surface area contributed by atoms with Crippen LogP contribution in [0.1, 0.15) is 39.3 Å². The monoisotopic (exact) mass is 443 g/mol. The number of nitrogens with one attached hydrogen (secondary N) is 1. The Morgan fingerprint density at radius 1 is 1.37 bits per heavy atom. The maximum atomic E-state index is 12.0. The Labute approximate surface area is 173 Å². The molecule has 2 aromatic heterocycles. The summed E-state index contributed by atoms with van der Waals surface area (Å²) < 4.78 is 43.3. The number of imidazole rings is 1. The van der Waals surface area contributed by atoms with Gasteiger partial charge in [-0.25, -0.2) is 23.9 Å². The largest absolute Gasteiger partial charge is 0.382 e. The Kier molecular flexibility index (Phi) is 6.82. The fourth-order valence-electron chi connectivity index (χ4n) is 2.91. The molecular formula is C16H25N7O6S. The van der Waals surface area contributed by atoms with E-state index in [1.807, 2.05) is 11.6 Å². The van der Waals surface area contributed by atoms with Crippen LogP contribution in [0.4, 0.5) is 5.82 Å². The highest BCUT2D eigenvalue weighted by atomic mass is 32.2. The first-order valence-electron chi connectivity index (χ1n) is 9.42. The number of anilines is 1. The number of carbonyl (C=O) groups excluding carboxylic acids is 1. The molecule has 0 radical (unpaired) electrons. The molecule has 0 spiro atoms. The average molecular weight is 443 g/mol. The third kappa shape index (κ3) is 5.02. The first kappa shape index (κ1) is 22.3. The normalized spacial score (nSPS) is 23.0. The second-order valence-electron chi connectivity index (χ2n) is 6.89. The Balaban J connectivity index is 1.58. The Hall–Kier alpha value is -2.39. The second kappa shape index (κ2) is 9.18. The van der Waals surface area contributed by atoms with Crippen molar-refractivity contribution < 1.29 is 26.9 Å². The van der Waals surface area contributed by atoms with E-state index in [2.05, 4.69) is 15.0 Å². The van der Waals surface area contributed by atoms with Gasteiger partial charge in [0.05, 0.1) is 6.33 Å². The molecule has 1 amide bonds. The number of nitrogens with two attached hydrogens (primary N) is 2. The summed E-state index contributed by atoms with van der Waals surface area (Å²) in [5.74, 6) is -0.890. The molecule has 0 aromatic carbocycles. The first-order chi connectivity index (χ1) is 14.2. The first-order valence-corrected chi connectivity index (χ1v) is 10.8. The zero-order chi connectivity index (χ0) is 21.9. The van der Waals surface area contributed by atoms with Crippen molar-refractivity contribution in [3.63, 3.8) is 0 Å². The van der Waals surface area contributed by atoms with E-state index in [4.69, 9.17) is 25.1 Å². The van der Waals surface area contributed by atoms with Gasteiger partial charge in [-0.3, -0.25) is 9.36 Å². The summed E-state index contributed by atoms with van der Waals surface area (Å²) in [6.45, 7) is 3.14. The van der Waals surface area contributed by atoms with Crippen LogP contribution in [0.25, 0.3) is 11.2 Å². The van der Waals surface area contributed by atoms with E-state index in [0.717, 1.165) is 12.8 Å². The Morgan fingerprint density at radius 3 is 2.87 bits per heavy atom. The molecule has 4 atom stereocenters. The van der Waals surface area contributed by atoms with Crippen LogP contribution < -0.4 is 16.2 Å². The van der Waals surface area contributed by atoms with Crippen LogP contribution in [-0.2, 0) is 28.8 Å². The zero-order valence-corrected chi connectivity index (χ0v) is 17.4. The van der Waals surface area contributed by atoms with Gasteiger partial charge in [-0.1, -0.05) is 26.7 Å². The summed E-state index contributed by atoms with van der Waals surface area (Å²) in [5.41, 5.74) is 12.5. The van der Waals surface area contributed by atoms with Crippen LogP contribution in [-0.4, -0.2) is 53.0 Å². The quantitative estimate of drug-likeness (QED) is 0.464. The third-order valence-corrected chi connectivity index (χ3v) is 5.46. The number of amides is 1. The lowest BCUT2D eigenvalue weighted by Crippen LogP contribution is -2.37. The Morgan fingerprint density at radius 2 is 2.13 bits per heavy atom. The minimum atomic E-state index is -4.32. The number of ether oxygens (including phenoxy) is 2. The topological polar surface area (TPSA) is 187 Å². The number of aromatic nitrogens is 4. The maximum Gasteiger partial charge on any atom is 0.362 e. The van der Waals surface area contributed by atoms with Crippen LogP contribution in [0.5, 0.6) is 0 Å². The maximum absolute atomic E-state index is 12.0. The number of unbranched alkanes of at least 4 members (excludes halogenated alkanes) is 1. The van der Waals surface area contributed by atoms with Gasteiger partial charge < -0.3 is 20.9 Å². The number of hydrogen-bond donors (Lipinski definition) is 3. The second-order valence-corrected chi connectivity index (χ2v) is 8.24. The molecule has 3 rings (SSSR count). The van der Waals surface area contributed by atoms with Gasteiger partial charge in [0, 0.05) is 5.92 Å². The SMILES string of the molecule is CCCC[C@H](C)C(=O)NS(=O)(=O)OC[C@@H]1O[C@@H](N)[C@@H](n2cnc3c(N)ncnc32)O1. The summed E-state index contributed by atoms with van der Waals surface area (Å²) in [5, 5.41) is 0. The summed E-state index contributed by atoms with van der Waals surface area (Å²) in [4.78, 5) is 24.1. The van der Waals surface area contributed by atoms with E-state index in [-0.39, 0.29) is 5.82 Å². The van der Waals surface area contributed by atoms with Gasteiger partial charge >= 0.3 is 10.3 Å². The van der Waals surface area contributed by atoms with Crippen molar-refractivity contribution in [2.24, 2.45) is 11.7 Å². The lowest BCUT2D eigenvalue weighted by atomic mass is 10.0. The van der Waals surface area contributed by atoms with Crippen LogP contribution in [0, 0.1) is 5.92 Å². The van der Waals surface area contributed by atoms with Gasteiger partial charge in [0.25, 0.3) is 0 Å². The predicted molar refractivity (Wildman–Crippen MR) is 104 cm³/mol. The van der Waals surface area contributed by atoms with Gasteiger partial charge in [0.15, 0.2) is 30.2 Å². The molecule has 3 heterocycles. The molecule has 5 N–H and O–H groups in total. The van der Waals surface area contributed by atoms with Gasteiger partial charge in [-0.15, -0.1) is 0 Å². The zero-order valence-electron chi connectivity index (χ0n) is 16.6. The van der Waals surface area contributed by atoms with Gasteiger partial charge in [0.2, 0.25) is 5.91 Å². The van der Waals surface area contributed by atoms with E-state index in [1.165, 1.54) is 17.2 Å². The fourth-order valence-corrected chi connectivity index (χ4v) is 3.70. The fraction of sp³-hybridized carbons (Fsp3) is 0.625. The molecule has 1 aliphatic heterocycles. The number of nitrogen functional groups attached to an aromatic ring is 1. The molecule has 1 saturated heterocycles. The molecule has 0 saturated carbocycles. The number of hydrogen-bond acceptors (Lipinski definition) is 11. The van der Waals surface area contributed by atoms with Crippen LogP contribution in [0.3, 0.4) is 0 Å². The highest BCUT2D eigenvalue weighted by Crippen LogP contribution is 2.28. The van der Waals surface area contributed by atoms with Crippen molar-refractivity contribution >= 4 is 33.2 Å². The standard InChI is InChI=1S/C16H25N7O6S/c1-3-4-5-9(2)15(24)22-30(25,26)27-6-10-28-13(18)16(29-10)23-8-21-11-12(17)19-7-20-14(11)23/h7-10,13,16H,3-6,18H2,1-2H3,(H,22,24)(H2,17,19,20)/t9-,10+,13+,16-/m0/s1. The minimum absolute atomic E-state index is 0.195. The number of fused-ring (bicyclic) bond motifs is 1. The lowest BCUT2D eigenvalue weighted by molar-refractivity contribution is -0.123.